The molecule has 10 rings (SSSR count). The molecule has 0 aliphatic carbocycles. The van der Waals surface area contributed by atoms with Crippen LogP contribution in [0.5, 0.6) is 0 Å². The van der Waals surface area contributed by atoms with Crippen molar-refractivity contribution in [1.29, 1.82) is 0 Å². The third kappa shape index (κ3) is 5.89. The summed E-state index contributed by atoms with van der Waals surface area (Å²) in [5, 5.41) is 4.34. The molecule has 1 heterocycles. The molecule has 0 spiro atoms. The quantitative estimate of drug-likeness (QED) is 0.157. The van der Waals surface area contributed by atoms with E-state index in [0.29, 0.717) is 0 Å². The van der Waals surface area contributed by atoms with Gasteiger partial charge < -0.3 is 14.2 Å². The summed E-state index contributed by atoms with van der Waals surface area (Å²) in [5.41, 5.74) is 12.6. The third-order valence-corrected chi connectivity index (χ3v) is 10.4. The molecular formula is C52H36N2O. The Bertz CT molecular complexity index is 2920. The molecule has 0 unspecified atom stereocenters. The Kier molecular flexibility index (Phi) is 8.16. The van der Waals surface area contributed by atoms with Gasteiger partial charge in [0.25, 0.3) is 0 Å². The van der Waals surface area contributed by atoms with Crippen molar-refractivity contribution in [1.82, 2.24) is 0 Å². The van der Waals surface area contributed by atoms with Gasteiger partial charge in [-0.1, -0.05) is 152 Å². The fourth-order valence-corrected chi connectivity index (χ4v) is 7.86. The summed E-state index contributed by atoms with van der Waals surface area (Å²) in [4.78, 5) is 4.69. The van der Waals surface area contributed by atoms with E-state index in [1.165, 1.54) is 11.1 Å². The van der Waals surface area contributed by atoms with Gasteiger partial charge in [-0.05, 0) is 94.4 Å². The van der Waals surface area contributed by atoms with E-state index in [1.54, 1.807) is 0 Å². The van der Waals surface area contributed by atoms with Crippen molar-refractivity contribution in [3.8, 4) is 22.3 Å². The maximum Gasteiger partial charge on any atom is 0.161 e. The van der Waals surface area contributed by atoms with E-state index in [0.717, 1.165) is 78.0 Å². The molecule has 55 heavy (non-hydrogen) atoms. The number of hydrogen-bond donors (Lipinski definition) is 0. The average molecular weight is 705 g/mol. The minimum absolute atomic E-state index is 0.818. The van der Waals surface area contributed by atoms with Crippen LogP contribution in [-0.4, -0.2) is 0 Å². The van der Waals surface area contributed by atoms with Gasteiger partial charge in [-0.15, -0.1) is 0 Å². The molecule has 0 fully saturated rings. The largest absolute Gasteiger partial charge is 0.453 e. The first-order valence-electron chi connectivity index (χ1n) is 18.7. The molecule has 0 saturated carbocycles. The lowest BCUT2D eigenvalue weighted by molar-refractivity contribution is 0.673. The Morgan fingerprint density at radius 2 is 0.745 bits per heavy atom. The summed E-state index contributed by atoms with van der Waals surface area (Å²) >= 11 is 0. The second-order valence-corrected chi connectivity index (χ2v) is 13.7. The lowest BCUT2D eigenvalue weighted by atomic mass is 10.0. The molecule has 0 saturated heterocycles. The lowest BCUT2D eigenvalue weighted by Gasteiger charge is -2.29. The first-order valence-corrected chi connectivity index (χ1v) is 18.7. The topological polar surface area (TPSA) is 19.6 Å². The summed E-state index contributed by atoms with van der Waals surface area (Å²) in [7, 11) is 0. The van der Waals surface area contributed by atoms with Crippen molar-refractivity contribution >= 4 is 66.8 Å². The van der Waals surface area contributed by atoms with Crippen LogP contribution in [0.25, 0.3) is 55.0 Å². The number of anilines is 6. The van der Waals surface area contributed by atoms with Crippen molar-refractivity contribution in [3.63, 3.8) is 0 Å². The predicted molar refractivity (Wildman–Crippen MR) is 231 cm³/mol. The lowest BCUT2D eigenvalue weighted by Crippen LogP contribution is -2.13. The second kappa shape index (κ2) is 13.9. The number of nitrogens with zero attached hydrogens (tertiary/aromatic N) is 2. The van der Waals surface area contributed by atoms with E-state index in [2.05, 4.69) is 228 Å². The van der Waals surface area contributed by atoms with Crippen molar-refractivity contribution in [2.45, 2.75) is 0 Å². The summed E-state index contributed by atoms with van der Waals surface area (Å²) < 4.78 is 7.22. The highest BCUT2D eigenvalue weighted by Gasteiger charge is 2.26. The fourth-order valence-electron chi connectivity index (χ4n) is 7.86. The number of hydrogen-bond acceptors (Lipinski definition) is 3. The number of furan rings is 1. The van der Waals surface area contributed by atoms with Crippen LogP contribution in [0.4, 0.5) is 34.1 Å². The summed E-state index contributed by atoms with van der Waals surface area (Å²) in [6.45, 7) is 0. The van der Waals surface area contributed by atoms with E-state index in [-0.39, 0.29) is 0 Å². The molecule has 260 valence electrons. The van der Waals surface area contributed by atoms with E-state index < -0.39 is 0 Å². The van der Waals surface area contributed by atoms with Crippen LogP contribution < -0.4 is 9.80 Å². The molecule has 0 aliphatic rings. The van der Waals surface area contributed by atoms with Gasteiger partial charge in [0.2, 0.25) is 0 Å². The summed E-state index contributed by atoms with van der Waals surface area (Å²) in [6, 6.07) is 77.4. The third-order valence-electron chi connectivity index (χ3n) is 10.4. The monoisotopic (exact) mass is 704 g/mol. The Hall–Kier alpha value is -7.36. The smallest absolute Gasteiger partial charge is 0.161 e. The summed E-state index contributed by atoms with van der Waals surface area (Å²) in [6.07, 6.45) is 0. The van der Waals surface area contributed by atoms with Crippen molar-refractivity contribution in [3.05, 3.63) is 218 Å². The van der Waals surface area contributed by atoms with Gasteiger partial charge in [-0.2, -0.15) is 0 Å². The molecule has 3 heteroatoms. The van der Waals surface area contributed by atoms with E-state index in [4.69, 9.17) is 4.42 Å². The SMILES string of the molecule is c1ccc(-c2cccc(N(c3ccccc3)c3ccc(N(c4ccccc4)c4cccc(-c5ccccc5)c4)c4c3oc3c5ccccc5ccc34)c2)cc1. The molecule has 1 aromatic heterocycles. The highest BCUT2D eigenvalue weighted by molar-refractivity contribution is 6.22. The van der Waals surface area contributed by atoms with Crippen LogP contribution in [0, 0.1) is 0 Å². The first-order chi connectivity index (χ1) is 27.3. The van der Waals surface area contributed by atoms with Crippen LogP contribution in [0.2, 0.25) is 0 Å². The highest BCUT2D eigenvalue weighted by atomic mass is 16.3. The maximum atomic E-state index is 7.22. The molecule has 10 aromatic rings. The van der Waals surface area contributed by atoms with Crippen molar-refractivity contribution in [2.75, 3.05) is 9.80 Å². The second-order valence-electron chi connectivity index (χ2n) is 13.7. The van der Waals surface area contributed by atoms with Gasteiger partial charge in [0.15, 0.2) is 5.58 Å². The fraction of sp³-hybridized carbons (Fsp3) is 0. The normalized spacial score (nSPS) is 11.3. The maximum absolute atomic E-state index is 7.22. The van der Waals surface area contributed by atoms with Gasteiger partial charge in [-0.3, -0.25) is 0 Å². The van der Waals surface area contributed by atoms with Crippen molar-refractivity contribution < 1.29 is 4.42 Å². The van der Waals surface area contributed by atoms with Crippen LogP contribution in [-0.2, 0) is 0 Å². The number of benzene rings is 9. The first kappa shape index (κ1) is 32.3. The Morgan fingerprint density at radius 1 is 0.291 bits per heavy atom. The van der Waals surface area contributed by atoms with Crippen molar-refractivity contribution in [2.24, 2.45) is 0 Å². The molecule has 0 bridgehead atoms. The van der Waals surface area contributed by atoms with E-state index >= 15 is 0 Å². The molecule has 0 amide bonds. The van der Waals surface area contributed by atoms with Gasteiger partial charge >= 0.3 is 0 Å². The Labute approximate surface area is 320 Å². The minimum atomic E-state index is 0.818. The van der Waals surface area contributed by atoms with Gasteiger partial charge in [0.05, 0.1) is 16.8 Å². The number of para-hydroxylation sites is 2. The molecule has 9 aromatic carbocycles. The molecule has 0 N–H and O–H groups in total. The average Bonchev–Trinajstić information content (AvgIpc) is 3.67. The number of rotatable bonds is 8. The van der Waals surface area contributed by atoms with Crippen LogP contribution >= 0.6 is 0 Å². The van der Waals surface area contributed by atoms with E-state index in [1.807, 2.05) is 0 Å². The van der Waals surface area contributed by atoms with Crippen LogP contribution in [0.3, 0.4) is 0 Å². The highest BCUT2D eigenvalue weighted by Crippen LogP contribution is 2.50. The van der Waals surface area contributed by atoms with E-state index in [9.17, 15) is 0 Å². The Balaban J connectivity index is 1.27. The molecule has 0 radical (unpaired) electrons. The zero-order chi connectivity index (χ0) is 36.6. The Morgan fingerprint density at radius 3 is 1.33 bits per heavy atom. The minimum Gasteiger partial charge on any atom is -0.453 e. The van der Waals surface area contributed by atoms with Gasteiger partial charge in [-0.25, -0.2) is 0 Å². The van der Waals surface area contributed by atoms with Crippen LogP contribution in [0.1, 0.15) is 0 Å². The zero-order valence-electron chi connectivity index (χ0n) is 30.1. The van der Waals surface area contributed by atoms with Gasteiger partial charge in [0.1, 0.15) is 5.58 Å². The zero-order valence-corrected chi connectivity index (χ0v) is 30.1. The summed E-state index contributed by atoms with van der Waals surface area (Å²) in [5.74, 6) is 0. The number of fused-ring (bicyclic) bond motifs is 5. The molecule has 0 atom stereocenters. The molecule has 3 nitrogen and oxygen atoms in total. The van der Waals surface area contributed by atoms with Gasteiger partial charge in [0, 0.05) is 33.5 Å². The standard InChI is InChI=1S/C52H36N2O/c1-5-17-37(18-6-1)40-22-15-28-44(35-40)53(42-24-9-3-10-25-42)48-33-34-49(52-50(48)47-32-31-39-21-13-14-30-46(39)51(47)55-52)54(43-26-11-4-12-27-43)45-29-16-23-41(36-45)38-19-7-2-8-20-38/h1-36H. The van der Waals surface area contributed by atoms with Crippen LogP contribution in [0.15, 0.2) is 223 Å². The predicted octanol–water partition coefficient (Wildman–Crippen LogP) is 15.0. The molecule has 0 aliphatic heterocycles. The molecular weight excluding hydrogens is 669 g/mol.